The second-order valence-corrected chi connectivity index (χ2v) is 10.7. The number of carbonyl (C=O) groups is 1. The molecule has 1 amide bonds. The van der Waals surface area contributed by atoms with E-state index in [-0.39, 0.29) is 0 Å². The molecule has 2 aromatic carbocycles. The fourth-order valence-corrected chi connectivity index (χ4v) is 4.70. The van der Waals surface area contributed by atoms with Crippen molar-refractivity contribution in [2.24, 2.45) is 5.92 Å². The summed E-state index contributed by atoms with van der Waals surface area (Å²) in [6.45, 7) is 20.4. The number of hydrogen-bond acceptors (Lipinski definition) is 5. The van der Waals surface area contributed by atoms with Crippen LogP contribution in [0.1, 0.15) is 76.5 Å². The van der Waals surface area contributed by atoms with Crippen molar-refractivity contribution in [3.05, 3.63) is 83.6 Å². The molecule has 1 atom stereocenters. The molecule has 0 aromatic heterocycles. The molecule has 3 rings (SSSR count). The molecule has 0 bridgehead atoms. The van der Waals surface area contributed by atoms with Gasteiger partial charge in [-0.2, -0.15) is 0 Å². The Morgan fingerprint density at radius 3 is 2.23 bits per heavy atom. The SMILES string of the molecule is C=CO.CCCC(C)N1CCC(COCC)CC1.CCc1cccc(CNCCCNC=O)c1.Cc1cc(F)cc(F)c1. The van der Waals surface area contributed by atoms with Gasteiger partial charge in [-0.1, -0.05) is 51.1 Å². The number of likely N-dealkylation sites (tertiary alicyclic amines) is 1. The Kier molecular flexibility index (Phi) is 25.0. The van der Waals surface area contributed by atoms with Crippen molar-refractivity contribution in [3.8, 4) is 0 Å². The van der Waals surface area contributed by atoms with Crippen molar-refractivity contribution in [1.82, 2.24) is 15.5 Å². The number of aliphatic hydroxyl groups excluding tert-OH is 1. The van der Waals surface area contributed by atoms with Crippen molar-refractivity contribution in [1.29, 1.82) is 0 Å². The zero-order chi connectivity index (χ0) is 32.3. The van der Waals surface area contributed by atoms with Crippen LogP contribution in [-0.2, 0) is 22.5 Å². The highest BCUT2D eigenvalue weighted by atomic mass is 19.1. The predicted molar refractivity (Wildman–Crippen MR) is 175 cm³/mol. The van der Waals surface area contributed by atoms with E-state index in [1.165, 1.54) is 62.0 Å². The number of hydrogen-bond donors (Lipinski definition) is 3. The molecule has 8 heteroatoms. The monoisotopic (exact) mass is 605 g/mol. The van der Waals surface area contributed by atoms with Gasteiger partial charge in [0, 0.05) is 38.4 Å². The van der Waals surface area contributed by atoms with Gasteiger partial charge in [0.1, 0.15) is 11.6 Å². The van der Waals surface area contributed by atoms with E-state index < -0.39 is 11.6 Å². The first-order valence-electron chi connectivity index (χ1n) is 15.7. The van der Waals surface area contributed by atoms with E-state index in [9.17, 15) is 13.6 Å². The van der Waals surface area contributed by atoms with Gasteiger partial charge >= 0.3 is 0 Å². The highest BCUT2D eigenvalue weighted by molar-refractivity contribution is 5.45. The Morgan fingerprint density at radius 1 is 1.07 bits per heavy atom. The van der Waals surface area contributed by atoms with Crippen LogP contribution in [0.5, 0.6) is 0 Å². The number of benzene rings is 2. The highest BCUT2D eigenvalue weighted by Crippen LogP contribution is 2.20. The molecule has 0 aliphatic carbocycles. The summed E-state index contributed by atoms with van der Waals surface area (Å²) >= 11 is 0. The molecule has 6 nitrogen and oxygen atoms in total. The lowest BCUT2D eigenvalue weighted by atomic mass is 9.96. The quantitative estimate of drug-likeness (QED) is 0.119. The van der Waals surface area contributed by atoms with Crippen molar-refractivity contribution < 1.29 is 23.4 Å². The minimum Gasteiger partial charge on any atom is -0.516 e. The lowest BCUT2D eigenvalue weighted by Crippen LogP contribution is -2.40. The molecule has 1 aliphatic heterocycles. The van der Waals surface area contributed by atoms with Gasteiger partial charge in [-0.05, 0) is 107 Å². The van der Waals surface area contributed by atoms with E-state index in [4.69, 9.17) is 9.84 Å². The topological polar surface area (TPSA) is 73.8 Å². The minimum absolute atomic E-state index is 0.521. The molecule has 0 spiro atoms. The normalized spacial score (nSPS) is 13.7. The number of carbonyl (C=O) groups excluding carboxylic acids is 1. The molecule has 3 N–H and O–H groups in total. The van der Waals surface area contributed by atoms with E-state index >= 15 is 0 Å². The molecule has 43 heavy (non-hydrogen) atoms. The number of halogens is 2. The molecule has 1 saturated heterocycles. The first-order valence-corrected chi connectivity index (χ1v) is 15.7. The van der Waals surface area contributed by atoms with Gasteiger partial charge in [-0.15, -0.1) is 0 Å². The van der Waals surface area contributed by atoms with Crippen LogP contribution in [0, 0.1) is 24.5 Å². The summed E-state index contributed by atoms with van der Waals surface area (Å²) in [4.78, 5) is 12.6. The highest BCUT2D eigenvalue weighted by Gasteiger charge is 2.22. The maximum Gasteiger partial charge on any atom is 0.207 e. The van der Waals surface area contributed by atoms with Crippen LogP contribution in [0.4, 0.5) is 8.78 Å². The van der Waals surface area contributed by atoms with Gasteiger partial charge in [-0.3, -0.25) is 4.79 Å². The number of rotatable bonds is 14. The van der Waals surface area contributed by atoms with E-state index in [2.05, 4.69) is 74.1 Å². The van der Waals surface area contributed by atoms with E-state index in [0.717, 1.165) is 76.4 Å². The zero-order valence-corrected chi connectivity index (χ0v) is 27.2. The lowest BCUT2D eigenvalue weighted by molar-refractivity contribution is -0.109. The van der Waals surface area contributed by atoms with Crippen molar-refractivity contribution in [2.75, 3.05) is 39.4 Å². The maximum atomic E-state index is 12.2. The van der Waals surface area contributed by atoms with Crippen LogP contribution in [0.3, 0.4) is 0 Å². The van der Waals surface area contributed by atoms with Crippen molar-refractivity contribution >= 4 is 6.41 Å². The third-order valence-corrected chi connectivity index (χ3v) is 7.03. The second kappa shape index (κ2) is 26.8. The average molecular weight is 606 g/mol. The van der Waals surface area contributed by atoms with Gasteiger partial charge in [0.2, 0.25) is 6.41 Å². The number of piperidine rings is 1. The second-order valence-electron chi connectivity index (χ2n) is 10.7. The Balaban J connectivity index is 0.000000606. The summed E-state index contributed by atoms with van der Waals surface area (Å²) in [5, 5.41) is 13.3. The van der Waals surface area contributed by atoms with Crippen LogP contribution < -0.4 is 10.6 Å². The van der Waals surface area contributed by atoms with E-state index in [1.807, 2.05) is 0 Å². The van der Waals surface area contributed by atoms with Gasteiger partial charge in [0.05, 0.1) is 6.26 Å². The number of aryl methyl sites for hydroxylation is 2. The fraction of sp³-hybridized carbons (Fsp3) is 0.571. The molecule has 1 aliphatic rings. The number of amides is 1. The molecule has 1 heterocycles. The Bertz CT molecular complexity index is 919. The van der Waals surface area contributed by atoms with Crippen molar-refractivity contribution in [3.63, 3.8) is 0 Å². The Hall–Kier alpha value is -2.81. The van der Waals surface area contributed by atoms with E-state index in [1.54, 1.807) is 6.92 Å². The van der Waals surface area contributed by atoms with Crippen LogP contribution in [-0.4, -0.2) is 61.9 Å². The Labute approximate surface area is 259 Å². The molecule has 244 valence electrons. The van der Waals surface area contributed by atoms with Crippen LogP contribution in [0.2, 0.25) is 0 Å². The van der Waals surface area contributed by atoms with Crippen LogP contribution in [0.15, 0.2) is 55.3 Å². The molecular formula is C35H57F2N3O3. The number of nitrogens with one attached hydrogen (secondary N) is 2. The first kappa shape index (κ1) is 40.2. The predicted octanol–water partition coefficient (Wildman–Crippen LogP) is 7.36. The Morgan fingerprint density at radius 2 is 1.70 bits per heavy atom. The van der Waals surface area contributed by atoms with Crippen LogP contribution >= 0.6 is 0 Å². The van der Waals surface area contributed by atoms with Gasteiger partial charge in [0.15, 0.2) is 0 Å². The molecule has 0 saturated carbocycles. The summed E-state index contributed by atoms with van der Waals surface area (Å²) < 4.78 is 29.9. The molecular weight excluding hydrogens is 548 g/mol. The molecule has 1 fully saturated rings. The summed E-state index contributed by atoms with van der Waals surface area (Å²) in [6, 6.07) is 12.8. The third kappa shape index (κ3) is 21.5. The van der Waals surface area contributed by atoms with Gasteiger partial charge < -0.3 is 25.4 Å². The molecule has 2 aromatic rings. The van der Waals surface area contributed by atoms with Crippen molar-refractivity contribution in [2.45, 2.75) is 85.7 Å². The maximum absolute atomic E-state index is 12.2. The molecule has 1 unspecified atom stereocenters. The van der Waals surface area contributed by atoms with Gasteiger partial charge in [-0.25, -0.2) is 8.78 Å². The third-order valence-electron chi connectivity index (χ3n) is 7.03. The fourth-order valence-electron chi connectivity index (χ4n) is 4.70. The number of nitrogens with zero attached hydrogens (tertiary/aromatic N) is 1. The molecule has 0 radical (unpaired) electrons. The van der Waals surface area contributed by atoms with E-state index in [0.29, 0.717) is 5.56 Å². The summed E-state index contributed by atoms with van der Waals surface area (Å²) in [7, 11) is 0. The largest absolute Gasteiger partial charge is 0.516 e. The average Bonchev–Trinajstić information content (AvgIpc) is 2.99. The van der Waals surface area contributed by atoms with Gasteiger partial charge in [0.25, 0.3) is 0 Å². The standard InChI is InChI=1S/C13H20N2O.C13H27NO.C7H6F2.C2H4O/c1-2-12-5-3-6-13(9-12)10-14-7-4-8-15-11-16;1-4-6-12(3)14-9-7-13(8-10-14)11-15-5-2;1-5-2-6(8)4-7(9)3-5;1-2-3/h3,5-6,9,11,14H,2,4,7-8,10H2,1H3,(H,15,16);12-13H,4-11H2,1-3H3;2-4H,1H3;2-3H,1H2. The smallest absolute Gasteiger partial charge is 0.207 e. The lowest BCUT2D eigenvalue weighted by Gasteiger charge is -2.35. The minimum atomic E-state index is -0.521. The summed E-state index contributed by atoms with van der Waals surface area (Å²) in [5.74, 6) is -0.227. The summed E-state index contributed by atoms with van der Waals surface area (Å²) in [5.41, 5.74) is 3.30. The first-order chi connectivity index (χ1) is 20.7. The number of aliphatic hydroxyl groups is 1. The summed E-state index contributed by atoms with van der Waals surface area (Å²) in [6.07, 6.45) is 8.84. The zero-order valence-electron chi connectivity index (χ0n) is 27.2. The number of ether oxygens (including phenoxy) is 1. The van der Waals surface area contributed by atoms with Crippen LogP contribution in [0.25, 0.3) is 0 Å².